The van der Waals surface area contributed by atoms with E-state index < -0.39 is 18.0 Å². The summed E-state index contributed by atoms with van der Waals surface area (Å²) in [7, 11) is 1.53. The molecule has 0 saturated carbocycles. The summed E-state index contributed by atoms with van der Waals surface area (Å²) in [5.74, 6) is -0.517. The van der Waals surface area contributed by atoms with Crippen molar-refractivity contribution in [1.82, 2.24) is 4.98 Å². The van der Waals surface area contributed by atoms with Gasteiger partial charge in [-0.1, -0.05) is 36.4 Å². The van der Waals surface area contributed by atoms with E-state index in [-0.39, 0.29) is 0 Å². The first-order valence-corrected chi connectivity index (χ1v) is 9.86. The van der Waals surface area contributed by atoms with Gasteiger partial charge >= 0.3 is 5.97 Å². The van der Waals surface area contributed by atoms with Crippen LogP contribution in [0, 0.1) is 20.8 Å². The van der Waals surface area contributed by atoms with Crippen LogP contribution >= 0.6 is 11.3 Å². The monoisotopic (exact) mass is 410 g/mol. The Balaban J connectivity index is 1.90. The van der Waals surface area contributed by atoms with E-state index in [1.807, 2.05) is 26.0 Å². The van der Waals surface area contributed by atoms with Gasteiger partial charge < -0.3 is 14.8 Å². The van der Waals surface area contributed by atoms with Gasteiger partial charge in [0.25, 0.3) is 5.91 Å². The highest BCUT2D eigenvalue weighted by molar-refractivity contribution is 7.13. The first-order chi connectivity index (χ1) is 13.9. The number of rotatable bonds is 6. The van der Waals surface area contributed by atoms with E-state index in [4.69, 9.17) is 9.47 Å². The molecule has 0 bridgehead atoms. The number of hydrogen-bond acceptors (Lipinski definition) is 6. The number of benzene rings is 2. The van der Waals surface area contributed by atoms with Crippen LogP contribution in [0.2, 0.25) is 0 Å². The van der Waals surface area contributed by atoms with E-state index in [0.717, 1.165) is 10.6 Å². The fraction of sp³-hybridized carbons (Fsp3) is 0.227. The summed E-state index contributed by atoms with van der Waals surface area (Å²) in [6, 6.07) is 14.4. The van der Waals surface area contributed by atoms with Gasteiger partial charge in [-0.25, -0.2) is 9.78 Å². The zero-order valence-corrected chi connectivity index (χ0v) is 17.5. The summed E-state index contributed by atoms with van der Waals surface area (Å²) < 4.78 is 11.0. The SMILES string of the molecule is COc1ccc(C)cc1NC(=O)[C@H](OC(=O)c1sc(C)nc1C)c1ccccc1. The summed E-state index contributed by atoms with van der Waals surface area (Å²) in [5.41, 5.74) is 2.64. The summed E-state index contributed by atoms with van der Waals surface area (Å²) in [5, 5.41) is 3.59. The molecule has 0 aliphatic carbocycles. The Labute approximate surface area is 173 Å². The number of anilines is 1. The fourth-order valence-electron chi connectivity index (χ4n) is 2.90. The van der Waals surface area contributed by atoms with Gasteiger partial charge in [0.05, 0.1) is 23.5 Å². The third kappa shape index (κ3) is 4.81. The fourth-order valence-corrected chi connectivity index (χ4v) is 3.70. The molecule has 0 aliphatic rings. The number of carbonyl (C=O) groups excluding carboxylic acids is 2. The van der Waals surface area contributed by atoms with Crippen molar-refractivity contribution in [3.05, 3.63) is 75.2 Å². The normalized spacial score (nSPS) is 11.6. The van der Waals surface area contributed by atoms with Gasteiger partial charge in [0.1, 0.15) is 10.6 Å². The van der Waals surface area contributed by atoms with Crippen LogP contribution in [0.25, 0.3) is 0 Å². The number of aryl methyl sites for hydroxylation is 3. The molecule has 7 heteroatoms. The Morgan fingerprint density at radius 1 is 1.07 bits per heavy atom. The van der Waals surface area contributed by atoms with E-state index in [2.05, 4.69) is 10.3 Å². The largest absolute Gasteiger partial charge is 0.495 e. The van der Waals surface area contributed by atoms with Crippen molar-refractivity contribution in [2.24, 2.45) is 0 Å². The van der Waals surface area contributed by atoms with Crippen molar-refractivity contribution in [3.8, 4) is 5.75 Å². The first-order valence-electron chi connectivity index (χ1n) is 9.04. The van der Waals surface area contributed by atoms with Crippen molar-refractivity contribution < 1.29 is 19.1 Å². The molecule has 3 rings (SSSR count). The Morgan fingerprint density at radius 2 is 1.79 bits per heavy atom. The van der Waals surface area contributed by atoms with Crippen LogP contribution in [-0.2, 0) is 9.53 Å². The molecular weight excluding hydrogens is 388 g/mol. The van der Waals surface area contributed by atoms with E-state index in [1.54, 1.807) is 43.3 Å². The van der Waals surface area contributed by atoms with Gasteiger partial charge in [0, 0.05) is 5.56 Å². The number of amides is 1. The lowest BCUT2D eigenvalue weighted by molar-refractivity contribution is -0.125. The van der Waals surface area contributed by atoms with Crippen LogP contribution in [0.3, 0.4) is 0 Å². The lowest BCUT2D eigenvalue weighted by Gasteiger charge is -2.19. The number of aromatic nitrogens is 1. The Morgan fingerprint density at radius 3 is 2.41 bits per heavy atom. The lowest BCUT2D eigenvalue weighted by Crippen LogP contribution is -2.26. The second-order valence-corrected chi connectivity index (χ2v) is 7.74. The highest BCUT2D eigenvalue weighted by atomic mass is 32.1. The quantitative estimate of drug-likeness (QED) is 0.600. The standard InChI is InChI=1S/C22H22N2O4S/c1-13-10-11-18(27-4)17(12-13)24-21(25)19(16-8-6-5-7-9-16)28-22(26)20-14(2)23-15(3)29-20/h5-12,19H,1-4H3,(H,24,25)/t19-/m1/s1. The Kier molecular flexibility index (Phi) is 6.29. The highest BCUT2D eigenvalue weighted by Crippen LogP contribution is 2.29. The number of carbonyl (C=O) groups is 2. The predicted molar refractivity (Wildman–Crippen MR) is 113 cm³/mol. The molecule has 2 aromatic carbocycles. The minimum atomic E-state index is -1.12. The zero-order valence-electron chi connectivity index (χ0n) is 16.7. The van der Waals surface area contributed by atoms with Crippen LogP contribution in [0.15, 0.2) is 48.5 Å². The summed E-state index contributed by atoms with van der Waals surface area (Å²) >= 11 is 1.25. The van der Waals surface area contributed by atoms with Crippen LogP contribution in [-0.4, -0.2) is 24.0 Å². The third-order valence-electron chi connectivity index (χ3n) is 4.27. The molecule has 1 N–H and O–H groups in total. The van der Waals surface area contributed by atoms with Crippen molar-refractivity contribution in [2.45, 2.75) is 26.9 Å². The number of methoxy groups -OCH3 is 1. The Bertz CT molecular complexity index is 1030. The molecule has 0 radical (unpaired) electrons. The average Bonchev–Trinajstić information content (AvgIpc) is 3.05. The molecule has 29 heavy (non-hydrogen) atoms. The van der Waals surface area contributed by atoms with Gasteiger partial charge in [-0.2, -0.15) is 0 Å². The van der Waals surface area contributed by atoms with E-state index in [0.29, 0.717) is 27.6 Å². The van der Waals surface area contributed by atoms with E-state index in [9.17, 15) is 9.59 Å². The van der Waals surface area contributed by atoms with Crippen molar-refractivity contribution in [1.29, 1.82) is 0 Å². The summed E-state index contributed by atoms with van der Waals surface area (Å²) in [6.07, 6.45) is -1.12. The molecule has 0 unspecified atom stereocenters. The minimum absolute atomic E-state index is 0.393. The van der Waals surface area contributed by atoms with Crippen LogP contribution in [0.1, 0.15) is 37.6 Å². The number of nitrogens with one attached hydrogen (secondary N) is 1. The molecule has 1 heterocycles. The molecular formula is C22H22N2O4S. The van der Waals surface area contributed by atoms with Crippen molar-refractivity contribution in [3.63, 3.8) is 0 Å². The van der Waals surface area contributed by atoms with Gasteiger partial charge in [0.2, 0.25) is 6.10 Å². The van der Waals surface area contributed by atoms with Gasteiger partial charge in [-0.3, -0.25) is 4.79 Å². The topological polar surface area (TPSA) is 77.5 Å². The van der Waals surface area contributed by atoms with Gasteiger partial charge in [-0.05, 0) is 38.5 Å². The highest BCUT2D eigenvalue weighted by Gasteiger charge is 2.28. The number of ether oxygens (including phenoxy) is 2. The van der Waals surface area contributed by atoms with Gasteiger partial charge in [-0.15, -0.1) is 11.3 Å². The number of esters is 1. The molecule has 3 aromatic rings. The van der Waals surface area contributed by atoms with E-state index >= 15 is 0 Å². The summed E-state index contributed by atoms with van der Waals surface area (Å²) in [4.78, 5) is 30.5. The molecule has 0 fully saturated rings. The summed E-state index contributed by atoms with van der Waals surface area (Å²) in [6.45, 7) is 5.48. The van der Waals surface area contributed by atoms with Crippen molar-refractivity contribution >= 4 is 28.9 Å². The van der Waals surface area contributed by atoms with Crippen LogP contribution in [0.4, 0.5) is 5.69 Å². The Hall–Kier alpha value is -3.19. The second-order valence-electron chi connectivity index (χ2n) is 6.54. The maximum atomic E-state index is 13.1. The molecule has 1 amide bonds. The predicted octanol–water partition coefficient (Wildman–Crippen LogP) is 4.61. The second kappa shape index (κ2) is 8.87. The molecule has 6 nitrogen and oxygen atoms in total. The maximum Gasteiger partial charge on any atom is 0.351 e. The molecule has 0 saturated heterocycles. The zero-order chi connectivity index (χ0) is 21.0. The minimum Gasteiger partial charge on any atom is -0.495 e. The molecule has 0 aliphatic heterocycles. The lowest BCUT2D eigenvalue weighted by atomic mass is 10.1. The molecule has 1 atom stereocenters. The number of thiazole rings is 1. The van der Waals surface area contributed by atoms with Crippen LogP contribution < -0.4 is 10.1 Å². The third-order valence-corrected chi connectivity index (χ3v) is 5.32. The number of nitrogens with zero attached hydrogens (tertiary/aromatic N) is 1. The number of hydrogen-bond donors (Lipinski definition) is 1. The van der Waals surface area contributed by atoms with Gasteiger partial charge in [0.15, 0.2) is 0 Å². The van der Waals surface area contributed by atoms with E-state index in [1.165, 1.54) is 18.4 Å². The maximum absolute atomic E-state index is 13.1. The van der Waals surface area contributed by atoms with Crippen LogP contribution in [0.5, 0.6) is 5.75 Å². The molecule has 150 valence electrons. The van der Waals surface area contributed by atoms with Crippen molar-refractivity contribution in [2.75, 3.05) is 12.4 Å². The smallest absolute Gasteiger partial charge is 0.351 e. The first kappa shape index (κ1) is 20.5. The molecule has 1 aromatic heterocycles. The molecule has 0 spiro atoms. The average molecular weight is 410 g/mol.